The van der Waals surface area contributed by atoms with E-state index in [-0.39, 0.29) is 12.5 Å². The van der Waals surface area contributed by atoms with Crippen LogP contribution in [0, 0.1) is 10.1 Å². The lowest BCUT2D eigenvalue weighted by atomic mass is 10.3. The van der Waals surface area contributed by atoms with Crippen LogP contribution in [0.5, 0.6) is 23.0 Å². The Balaban J connectivity index is 1.39. The fourth-order valence-corrected chi connectivity index (χ4v) is 2.07. The third kappa shape index (κ3) is 3.82. The van der Waals surface area contributed by atoms with Crippen molar-refractivity contribution in [1.29, 1.82) is 0 Å². The molecule has 2 aromatic carbocycles. The highest BCUT2D eigenvalue weighted by Gasteiger charge is 2.13. The molecule has 7 heteroatoms. The lowest BCUT2D eigenvalue weighted by molar-refractivity contribution is -0.384. The average molecular weight is 317 g/mol. The van der Waals surface area contributed by atoms with Crippen LogP contribution in [-0.4, -0.2) is 24.9 Å². The third-order valence-corrected chi connectivity index (χ3v) is 3.22. The minimum absolute atomic E-state index is 0.0449. The van der Waals surface area contributed by atoms with Crippen molar-refractivity contribution in [2.75, 3.05) is 20.0 Å². The summed E-state index contributed by atoms with van der Waals surface area (Å²) in [5.74, 6) is 2.71. The second kappa shape index (κ2) is 6.87. The SMILES string of the molecule is O=[N+]([O-])c1ccc(OCCCOc2ccc3c(c2)OCO3)cc1. The van der Waals surface area contributed by atoms with Crippen LogP contribution in [0.3, 0.4) is 0 Å². The fourth-order valence-electron chi connectivity index (χ4n) is 2.07. The molecule has 0 N–H and O–H groups in total. The topological polar surface area (TPSA) is 80.1 Å². The molecule has 0 radical (unpaired) electrons. The first-order chi connectivity index (χ1) is 11.2. The first-order valence-corrected chi connectivity index (χ1v) is 7.12. The lowest BCUT2D eigenvalue weighted by Crippen LogP contribution is -2.05. The molecule has 0 amide bonds. The number of fused-ring (bicyclic) bond motifs is 1. The minimum Gasteiger partial charge on any atom is -0.493 e. The molecule has 0 atom stereocenters. The molecule has 0 aliphatic carbocycles. The zero-order valence-electron chi connectivity index (χ0n) is 12.3. The van der Waals surface area contributed by atoms with Crippen LogP contribution in [-0.2, 0) is 0 Å². The molecule has 0 saturated carbocycles. The van der Waals surface area contributed by atoms with Gasteiger partial charge in [-0.3, -0.25) is 10.1 Å². The Hall–Kier alpha value is -2.96. The van der Waals surface area contributed by atoms with Gasteiger partial charge in [-0.05, 0) is 24.3 Å². The predicted molar refractivity (Wildman–Crippen MR) is 81.3 cm³/mol. The molecule has 120 valence electrons. The van der Waals surface area contributed by atoms with Gasteiger partial charge in [-0.2, -0.15) is 0 Å². The van der Waals surface area contributed by atoms with E-state index in [9.17, 15) is 10.1 Å². The van der Waals surface area contributed by atoms with Crippen molar-refractivity contribution < 1.29 is 23.9 Å². The van der Waals surface area contributed by atoms with E-state index in [2.05, 4.69) is 0 Å². The smallest absolute Gasteiger partial charge is 0.269 e. The molecule has 0 bridgehead atoms. The number of hydrogen-bond donors (Lipinski definition) is 0. The molecule has 0 unspecified atom stereocenters. The number of nitro groups is 1. The van der Waals surface area contributed by atoms with Crippen molar-refractivity contribution in [1.82, 2.24) is 0 Å². The van der Waals surface area contributed by atoms with E-state index in [1.165, 1.54) is 12.1 Å². The van der Waals surface area contributed by atoms with Crippen molar-refractivity contribution >= 4 is 5.69 Å². The van der Waals surface area contributed by atoms with E-state index in [1.807, 2.05) is 12.1 Å². The summed E-state index contributed by atoms with van der Waals surface area (Å²) in [7, 11) is 0. The van der Waals surface area contributed by atoms with E-state index in [1.54, 1.807) is 18.2 Å². The third-order valence-electron chi connectivity index (χ3n) is 3.22. The van der Waals surface area contributed by atoms with Crippen LogP contribution in [0.25, 0.3) is 0 Å². The van der Waals surface area contributed by atoms with Crippen molar-refractivity contribution in [2.24, 2.45) is 0 Å². The van der Waals surface area contributed by atoms with Gasteiger partial charge in [0.25, 0.3) is 5.69 Å². The van der Waals surface area contributed by atoms with Gasteiger partial charge in [0.1, 0.15) is 11.5 Å². The molecule has 0 fully saturated rings. The van der Waals surface area contributed by atoms with E-state index >= 15 is 0 Å². The van der Waals surface area contributed by atoms with Crippen molar-refractivity contribution in [3.05, 3.63) is 52.6 Å². The van der Waals surface area contributed by atoms with Gasteiger partial charge in [-0.15, -0.1) is 0 Å². The molecule has 0 saturated heterocycles. The molecule has 1 aliphatic rings. The fraction of sp³-hybridized carbons (Fsp3) is 0.250. The molecule has 0 aromatic heterocycles. The Morgan fingerprint density at radius 3 is 2.35 bits per heavy atom. The molecular formula is C16H15NO6. The first kappa shape index (κ1) is 15.0. The summed E-state index contributed by atoms with van der Waals surface area (Å²) in [5, 5.41) is 10.5. The number of benzene rings is 2. The standard InChI is InChI=1S/C16H15NO6/c18-17(19)12-2-4-13(5-3-12)20-8-1-9-21-14-6-7-15-16(10-14)23-11-22-15/h2-7,10H,1,8-9,11H2. The molecule has 3 rings (SSSR count). The summed E-state index contributed by atoms with van der Waals surface area (Å²) in [5.41, 5.74) is 0.0449. The van der Waals surface area contributed by atoms with Crippen LogP contribution in [0.1, 0.15) is 6.42 Å². The summed E-state index contributed by atoms with van der Waals surface area (Å²) < 4.78 is 21.6. The van der Waals surface area contributed by atoms with Crippen molar-refractivity contribution in [2.45, 2.75) is 6.42 Å². The van der Waals surface area contributed by atoms with Crippen molar-refractivity contribution in [3.63, 3.8) is 0 Å². The summed E-state index contributed by atoms with van der Waals surface area (Å²) in [6.45, 7) is 1.19. The highest BCUT2D eigenvalue weighted by atomic mass is 16.7. The number of nitro benzene ring substituents is 1. The Morgan fingerprint density at radius 2 is 1.61 bits per heavy atom. The van der Waals surface area contributed by atoms with Gasteiger partial charge in [0.05, 0.1) is 18.1 Å². The Labute approximate surface area is 132 Å². The summed E-state index contributed by atoms with van der Waals surface area (Å²) in [6.07, 6.45) is 0.686. The Kier molecular flexibility index (Phi) is 4.46. The highest BCUT2D eigenvalue weighted by molar-refractivity contribution is 5.46. The van der Waals surface area contributed by atoms with Gasteiger partial charge in [-0.25, -0.2) is 0 Å². The molecule has 1 heterocycles. The molecule has 7 nitrogen and oxygen atoms in total. The number of non-ortho nitro benzene ring substituents is 1. The number of rotatable bonds is 7. The van der Waals surface area contributed by atoms with Crippen LogP contribution < -0.4 is 18.9 Å². The van der Waals surface area contributed by atoms with Crippen LogP contribution in [0.4, 0.5) is 5.69 Å². The summed E-state index contributed by atoms with van der Waals surface area (Å²) in [6, 6.07) is 11.4. The number of ether oxygens (including phenoxy) is 4. The van der Waals surface area contributed by atoms with Crippen LogP contribution in [0.15, 0.2) is 42.5 Å². The van der Waals surface area contributed by atoms with E-state index in [0.29, 0.717) is 36.9 Å². The monoisotopic (exact) mass is 317 g/mol. The summed E-state index contributed by atoms with van der Waals surface area (Å²) >= 11 is 0. The second-order valence-corrected chi connectivity index (χ2v) is 4.82. The maximum absolute atomic E-state index is 10.5. The van der Waals surface area contributed by atoms with Crippen LogP contribution in [0.2, 0.25) is 0 Å². The van der Waals surface area contributed by atoms with Crippen LogP contribution >= 0.6 is 0 Å². The predicted octanol–water partition coefficient (Wildman–Crippen LogP) is 3.17. The molecule has 1 aliphatic heterocycles. The Morgan fingerprint density at radius 1 is 0.957 bits per heavy atom. The molecule has 23 heavy (non-hydrogen) atoms. The average Bonchev–Trinajstić information content (AvgIpc) is 3.02. The van der Waals surface area contributed by atoms with E-state index in [4.69, 9.17) is 18.9 Å². The number of nitrogens with zero attached hydrogens (tertiary/aromatic N) is 1. The normalized spacial score (nSPS) is 12.0. The first-order valence-electron chi connectivity index (χ1n) is 7.12. The minimum atomic E-state index is -0.441. The number of hydrogen-bond acceptors (Lipinski definition) is 6. The van der Waals surface area contributed by atoms with Gasteiger partial charge in [-0.1, -0.05) is 0 Å². The summed E-state index contributed by atoms with van der Waals surface area (Å²) in [4.78, 5) is 10.1. The van der Waals surface area contributed by atoms with Gasteiger partial charge in [0.15, 0.2) is 11.5 Å². The highest BCUT2D eigenvalue weighted by Crippen LogP contribution is 2.35. The van der Waals surface area contributed by atoms with E-state index in [0.717, 1.165) is 5.75 Å². The maximum atomic E-state index is 10.5. The zero-order valence-corrected chi connectivity index (χ0v) is 12.3. The lowest BCUT2D eigenvalue weighted by Gasteiger charge is -2.08. The van der Waals surface area contributed by atoms with E-state index < -0.39 is 4.92 Å². The second-order valence-electron chi connectivity index (χ2n) is 4.82. The molecular weight excluding hydrogens is 302 g/mol. The quantitative estimate of drug-likeness (QED) is 0.443. The maximum Gasteiger partial charge on any atom is 0.269 e. The molecule has 2 aromatic rings. The molecule has 0 spiro atoms. The van der Waals surface area contributed by atoms with Gasteiger partial charge in [0, 0.05) is 24.6 Å². The van der Waals surface area contributed by atoms with Gasteiger partial charge < -0.3 is 18.9 Å². The van der Waals surface area contributed by atoms with Gasteiger partial charge in [0.2, 0.25) is 6.79 Å². The Bertz CT molecular complexity index is 685. The largest absolute Gasteiger partial charge is 0.493 e. The zero-order chi connectivity index (χ0) is 16.1. The van der Waals surface area contributed by atoms with Gasteiger partial charge >= 0.3 is 0 Å². The van der Waals surface area contributed by atoms with Crippen molar-refractivity contribution in [3.8, 4) is 23.0 Å².